The van der Waals surface area contributed by atoms with Gasteiger partial charge in [0.15, 0.2) is 0 Å². The Balaban J connectivity index is 1.78. The van der Waals surface area contributed by atoms with Gasteiger partial charge in [-0.05, 0) is 35.3 Å². The van der Waals surface area contributed by atoms with Crippen molar-refractivity contribution in [3.63, 3.8) is 0 Å². The maximum absolute atomic E-state index is 12.9. The van der Waals surface area contributed by atoms with Crippen LogP contribution >= 0.6 is 11.8 Å². The molecule has 1 aromatic rings. The van der Waals surface area contributed by atoms with E-state index in [1.54, 1.807) is 0 Å². The maximum atomic E-state index is 12.9. The molecular formula is C18H25NO2S. The lowest BCUT2D eigenvalue weighted by molar-refractivity contribution is -0.151. The summed E-state index contributed by atoms with van der Waals surface area (Å²) in [5, 5.41) is 10.7. The third-order valence-electron chi connectivity index (χ3n) is 5.15. The zero-order chi connectivity index (χ0) is 15.8. The Kier molecular flexibility index (Phi) is 4.25. The van der Waals surface area contributed by atoms with Gasteiger partial charge in [-0.25, -0.2) is 0 Å². The summed E-state index contributed by atoms with van der Waals surface area (Å²) >= 11 is 1.82. The Morgan fingerprint density at radius 1 is 1.23 bits per heavy atom. The number of rotatable bonds is 2. The second-order valence-corrected chi connectivity index (χ2v) is 8.51. The van der Waals surface area contributed by atoms with Crippen LogP contribution in [0.5, 0.6) is 0 Å². The van der Waals surface area contributed by atoms with Crippen molar-refractivity contribution >= 4 is 17.7 Å². The number of carbonyl (C=O) groups is 1. The van der Waals surface area contributed by atoms with Crippen LogP contribution in [0.25, 0.3) is 0 Å². The number of amides is 1. The summed E-state index contributed by atoms with van der Waals surface area (Å²) in [6.07, 6.45) is 1.17. The van der Waals surface area contributed by atoms with Crippen molar-refractivity contribution < 1.29 is 9.90 Å². The van der Waals surface area contributed by atoms with Gasteiger partial charge in [-0.3, -0.25) is 4.79 Å². The van der Waals surface area contributed by atoms with E-state index in [1.807, 2.05) is 22.7 Å². The molecule has 2 fully saturated rings. The zero-order valence-corrected chi connectivity index (χ0v) is 14.2. The first kappa shape index (κ1) is 15.9. The Hall–Kier alpha value is -1.00. The monoisotopic (exact) mass is 319 g/mol. The van der Waals surface area contributed by atoms with Crippen LogP contribution < -0.4 is 0 Å². The molecule has 0 bridgehead atoms. The Labute approximate surface area is 137 Å². The van der Waals surface area contributed by atoms with Gasteiger partial charge in [-0.1, -0.05) is 44.2 Å². The molecule has 3 nitrogen and oxygen atoms in total. The van der Waals surface area contributed by atoms with Crippen molar-refractivity contribution in [3.8, 4) is 0 Å². The molecule has 2 aliphatic rings. The van der Waals surface area contributed by atoms with Gasteiger partial charge in [0, 0.05) is 19.0 Å². The molecule has 4 heteroatoms. The summed E-state index contributed by atoms with van der Waals surface area (Å²) in [6.45, 7) is 5.88. The molecule has 2 saturated heterocycles. The first-order valence-corrected chi connectivity index (χ1v) is 9.22. The van der Waals surface area contributed by atoms with E-state index in [9.17, 15) is 9.90 Å². The molecule has 1 aromatic carbocycles. The standard InChI is InChI=1S/C18H25NO2S/c1-17(2)13-19(12-15(17)14-6-4-3-5-7-14)16(20)18(21)8-10-22-11-9-18/h3-7,15,21H,8-13H2,1-2H3. The summed E-state index contributed by atoms with van der Waals surface area (Å²) in [7, 11) is 0. The largest absolute Gasteiger partial charge is 0.380 e. The minimum Gasteiger partial charge on any atom is -0.380 e. The molecule has 0 saturated carbocycles. The number of likely N-dealkylation sites (tertiary alicyclic amines) is 1. The number of hydrogen-bond acceptors (Lipinski definition) is 3. The minimum atomic E-state index is -1.13. The van der Waals surface area contributed by atoms with Gasteiger partial charge in [-0.2, -0.15) is 11.8 Å². The summed E-state index contributed by atoms with van der Waals surface area (Å²) < 4.78 is 0. The third-order valence-corrected chi connectivity index (χ3v) is 6.14. The van der Waals surface area contributed by atoms with Crippen LogP contribution in [0.15, 0.2) is 30.3 Å². The van der Waals surface area contributed by atoms with Crippen LogP contribution in [0.1, 0.15) is 38.2 Å². The van der Waals surface area contributed by atoms with Crippen LogP contribution in [-0.2, 0) is 4.79 Å². The van der Waals surface area contributed by atoms with Crippen molar-refractivity contribution in [2.75, 3.05) is 24.6 Å². The highest BCUT2D eigenvalue weighted by atomic mass is 32.2. The van der Waals surface area contributed by atoms with E-state index in [0.29, 0.717) is 25.3 Å². The van der Waals surface area contributed by atoms with Crippen molar-refractivity contribution in [3.05, 3.63) is 35.9 Å². The van der Waals surface area contributed by atoms with Gasteiger partial charge >= 0.3 is 0 Å². The van der Waals surface area contributed by atoms with E-state index in [-0.39, 0.29) is 11.3 Å². The number of nitrogens with zero attached hydrogens (tertiary/aromatic N) is 1. The van der Waals surface area contributed by atoms with Crippen LogP contribution in [0, 0.1) is 5.41 Å². The van der Waals surface area contributed by atoms with E-state index in [0.717, 1.165) is 18.1 Å². The Morgan fingerprint density at radius 3 is 2.50 bits per heavy atom. The van der Waals surface area contributed by atoms with E-state index in [2.05, 4.69) is 38.1 Å². The molecule has 22 heavy (non-hydrogen) atoms. The van der Waals surface area contributed by atoms with Crippen molar-refractivity contribution in [2.45, 2.75) is 38.2 Å². The average Bonchev–Trinajstić information content (AvgIpc) is 2.83. The lowest BCUT2D eigenvalue weighted by atomic mass is 9.78. The lowest BCUT2D eigenvalue weighted by Crippen LogP contribution is -2.50. The molecule has 1 N–H and O–H groups in total. The molecule has 2 aliphatic heterocycles. The van der Waals surface area contributed by atoms with Gasteiger partial charge in [0.25, 0.3) is 5.91 Å². The molecule has 2 heterocycles. The number of benzene rings is 1. The van der Waals surface area contributed by atoms with E-state index in [1.165, 1.54) is 5.56 Å². The molecule has 0 aromatic heterocycles. The topological polar surface area (TPSA) is 40.5 Å². The molecule has 0 radical (unpaired) electrons. The summed E-state index contributed by atoms with van der Waals surface area (Å²) in [5.74, 6) is 2.03. The van der Waals surface area contributed by atoms with Crippen LogP contribution in [0.2, 0.25) is 0 Å². The van der Waals surface area contributed by atoms with E-state index >= 15 is 0 Å². The maximum Gasteiger partial charge on any atom is 0.254 e. The Bertz CT molecular complexity index is 537. The second-order valence-electron chi connectivity index (χ2n) is 7.28. The van der Waals surface area contributed by atoms with Crippen molar-refractivity contribution in [1.29, 1.82) is 0 Å². The average molecular weight is 319 g/mol. The van der Waals surface area contributed by atoms with Crippen LogP contribution in [-0.4, -0.2) is 46.1 Å². The molecule has 1 amide bonds. The Morgan fingerprint density at radius 2 is 1.86 bits per heavy atom. The number of carbonyl (C=O) groups excluding carboxylic acids is 1. The third kappa shape index (κ3) is 2.91. The summed E-state index contributed by atoms with van der Waals surface area (Å²) in [6, 6.07) is 10.4. The SMILES string of the molecule is CC1(C)CN(C(=O)C2(O)CCSCC2)CC1c1ccccc1. The van der Waals surface area contributed by atoms with Crippen LogP contribution in [0.3, 0.4) is 0 Å². The zero-order valence-electron chi connectivity index (χ0n) is 13.4. The van der Waals surface area contributed by atoms with Gasteiger partial charge in [0.2, 0.25) is 0 Å². The lowest BCUT2D eigenvalue weighted by Gasteiger charge is -2.34. The molecule has 0 spiro atoms. The fourth-order valence-electron chi connectivity index (χ4n) is 3.75. The summed E-state index contributed by atoms with van der Waals surface area (Å²) in [4.78, 5) is 14.7. The first-order valence-electron chi connectivity index (χ1n) is 8.07. The van der Waals surface area contributed by atoms with Crippen LogP contribution in [0.4, 0.5) is 0 Å². The van der Waals surface area contributed by atoms with Gasteiger partial charge in [0.05, 0.1) is 0 Å². The fraction of sp³-hybridized carbons (Fsp3) is 0.611. The minimum absolute atomic E-state index is 0.0385. The smallest absolute Gasteiger partial charge is 0.254 e. The predicted octanol–water partition coefficient (Wildman–Crippen LogP) is 2.90. The quantitative estimate of drug-likeness (QED) is 0.911. The van der Waals surface area contributed by atoms with Gasteiger partial charge in [-0.15, -0.1) is 0 Å². The molecule has 1 unspecified atom stereocenters. The second kappa shape index (κ2) is 5.89. The van der Waals surface area contributed by atoms with E-state index in [4.69, 9.17) is 0 Å². The molecular weight excluding hydrogens is 294 g/mol. The van der Waals surface area contributed by atoms with Gasteiger partial charge in [0.1, 0.15) is 5.60 Å². The number of hydrogen-bond donors (Lipinski definition) is 1. The first-order chi connectivity index (χ1) is 10.4. The van der Waals surface area contributed by atoms with E-state index < -0.39 is 5.60 Å². The molecule has 1 atom stereocenters. The number of aliphatic hydroxyl groups is 1. The molecule has 0 aliphatic carbocycles. The summed E-state index contributed by atoms with van der Waals surface area (Å²) in [5.41, 5.74) is 0.193. The predicted molar refractivity (Wildman–Crippen MR) is 91.1 cm³/mol. The highest BCUT2D eigenvalue weighted by Crippen LogP contribution is 2.43. The molecule has 3 rings (SSSR count). The van der Waals surface area contributed by atoms with Gasteiger partial charge < -0.3 is 10.0 Å². The number of thioether (sulfide) groups is 1. The molecule has 120 valence electrons. The van der Waals surface area contributed by atoms with Crippen molar-refractivity contribution in [1.82, 2.24) is 4.90 Å². The highest BCUT2D eigenvalue weighted by Gasteiger charge is 2.47. The highest BCUT2D eigenvalue weighted by molar-refractivity contribution is 7.99. The fourth-order valence-corrected chi connectivity index (χ4v) is 4.92. The normalized spacial score (nSPS) is 26.9. The van der Waals surface area contributed by atoms with Crippen molar-refractivity contribution in [2.24, 2.45) is 5.41 Å².